The molecule has 0 aliphatic carbocycles. The van der Waals surface area contributed by atoms with E-state index in [9.17, 15) is 8.42 Å². The second kappa shape index (κ2) is 3.23. The van der Waals surface area contributed by atoms with Gasteiger partial charge >= 0.3 is 0 Å². The third kappa shape index (κ3) is 2.31. The van der Waals surface area contributed by atoms with Crippen molar-refractivity contribution in [3.63, 3.8) is 0 Å². The first-order chi connectivity index (χ1) is 6.89. The molecule has 0 radical (unpaired) electrons. The Labute approximate surface area is 89.2 Å². The highest BCUT2D eigenvalue weighted by molar-refractivity contribution is 7.91. The van der Waals surface area contributed by atoms with Crippen LogP contribution in [-0.4, -0.2) is 35.4 Å². The molecular formula is C9H15N3O2S. The maximum absolute atomic E-state index is 11.4. The fourth-order valence-electron chi connectivity index (χ4n) is 1.87. The van der Waals surface area contributed by atoms with Gasteiger partial charge in [0, 0.05) is 11.9 Å². The van der Waals surface area contributed by atoms with Gasteiger partial charge in [-0.2, -0.15) is 0 Å². The van der Waals surface area contributed by atoms with Crippen molar-refractivity contribution in [2.45, 2.75) is 25.8 Å². The summed E-state index contributed by atoms with van der Waals surface area (Å²) in [5.74, 6) is 1.09. The van der Waals surface area contributed by atoms with Gasteiger partial charge in [0.25, 0.3) is 0 Å². The molecule has 1 aromatic rings. The number of sulfone groups is 1. The van der Waals surface area contributed by atoms with Crippen LogP contribution >= 0.6 is 0 Å². The summed E-state index contributed by atoms with van der Waals surface area (Å²) in [4.78, 5) is 7.15. The number of H-pyrrole nitrogens is 1. The first kappa shape index (κ1) is 10.5. The smallest absolute Gasteiger partial charge is 0.200 e. The lowest BCUT2D eigenvalue weighted by Crippen LogP contribution is -2.36. The van der Waals surface area contributed by atoms with E-state index in [1.54, 1.807) is 6.20 Å². The quantitative estimate of drug-likeness (QED) is 0.783. The number of nitrogens with zero attached hydrogens (tertiary/aromatic N) is 1. The molecule has 1 saturated heterocycles. The largest absolute Gasteiger partial charge is 0.350 e. The molecule has 0 spiro atoms. The molecule has 5 nitrogen and oxygen atoms in total. The summed E-state index contributed by atoms with van der Waals surface area (Å²) in [6, 6.07) is 0. The molecule has 0 saturated carbocycles. The average molecular weight is 229 g/mol. The highest BCUT2D eigenvalue weighted by Gasteiger charge is 2.38. The maximum atomic E-state index is 11.4. The molecule has 84 valence electrons. The van der Waals surface area contributed by atoms with Crippen molar-refractivity contribution in [1.29, 1.82) is 0 Å². The van der Waals surface area contributed by atoms with Gasteiger partial charge in [0.05, 0.1) is 17.0 Å². The molecule has 0 aromatic carbocycles. The third-order valence-electron chi connectivity index (χ3n) is 2.63. The van der Waals surface area contributed by atoms with Gasteiger partial charge < -0.3 is 10.3 Å². The van der Waals surface area contributed by atoms with E-state index < -0.39 is 9.84 Å². The Hall–Kier alpha value is -1.04. The maximum Gasteiger partial charge on any atom is 0.200 e. The number of aromatic nitrogens is 2. The Balaban J connectivity index is 2.13. The SMILES string of the molecule is Cc1cnc(NC2(C)CCS(=O)(=O)C2)[nH]1. The molecule has 2 N–H and O–H groups in total. The van der Waals surface area contributed by atoms with E-state index in [1.165, 1.54) is 0 Å². The number of hydrogen-bond acceptors (Lipinski definition) is 4. The highest BCUT2D eigenvalue weighted by Crippen LogP contribution is 2.26. The molecule has 2 heterocycles. The Morgan fingerprint density at radius 1 is 1.60 bits per heavy atom. The summed E-state index contributed by atoms with van der Waals surface area (Å²) in [5.41, 5.74) is 0.574. The zero-order chi connectivity index (χ0) is 11.1. The van der Waals surface area contributed by atoms with Crippen molar-refractivity contribution in [3.05, 3.63) is 11.9 Å². The van der Waals surface area contributed by atoms with Gasteiger partial charge in [-0.25, -0.2) is 13.4 Å². The minimum absolute atomic E-state index is 0.180. The van der Waals surface area contributed by atoms with Crippen LogP contribution in [0.5, 0.6) is 0 Å². The topological polar surface area (TPSA) is 74.8 Å². The summed E-state index contributed by atoms with van der Waals surface area (Å²) in [5, 5.41) is 3.15. The van der Waals surface area contributed by atoms with Crippen LogP contribution in [0.4, 0.5) is 5.95 Å². The van der Waals surface area contributed by atoms with Gasteiger partial charge in [0.2, 0.25) is 5.95 Å². The Morgan fingerprint density at radius 2 is 2.33 bits per heavy atom. The van der Waals surface area contributed by atoms with Gasteiger partial charge in [-0.15, -0.1) is 0 Å². The fraction of sp³-hybridized carbons (Fsp3) is 0.667. The molecule has 2 rings (SSSR count). The number of nitrogens with one attached hydrogen (secondary N) is 2. The standard InChI is InChI=1S/C9H15N3O2S/c1-7-5-10-8(11-7)12-9(2)3-4-15(13,14)6-9/h5H,3-4,6H2,1-2H3,(H2,10,11,12). The van der Waals surface area contributed by atoms with Crippen LogP contribution in [0, 0.1) is 6.92 Å². The molecule has 0 bridgehead atoms. The van der Waals surface area contributed by atoms with E-state index >= 15 is 0 Å². The van der Waals surface area contributed by atoms with Crippen LogP contribution in [0.15, 0.2) is 6.20 Å². The van der Waals surface area contributed by atoms with Crippen LogP contribution in [0.1, 0.15) is 19.0 Å². The van der Waals surface area contributed by atoms with Crippen LogP contribution in [-0.2, 0) is 9.84 Å². The molecule has 1 fully saturated rings. The van der Waals surface area contributed by atoms with Crippen molar-refractivity contribution in [1.82, 2.24) is 9.97 Å². The third-order valence-corrected chi connectivity index (χ3v) is 4.53. The van der Waals surface area contributed by atoms with E-state index in [4.69, 9.17) is 0 Å². The number of anilines is 1. The van der Waals surface area contributed by atoms with Crippen LogP contribution in [0.25, 0.3) is 0 Å². The lowest BCUT2D eigenvalue weighted by Gasteiger charge is -2.23. The number of imidazole rings is 1. The number of hydrogen-bond donors (Lipinski definition) is 2. The molecule has 0 amide bonds. The lowest BCUT2D eigenvalue weighted by molar-refractivity contribution is 0.570. The van der Waals surface area contributed by atoms with Gasteiger partial charge in [0.15, 0.2) is 9.84 Å². The van der Waals surface area contributed by atoms with Crippen LogP contribution in [0.2, 0.25) is 0 Å². The molecule has 1 unspecified atom stereocenters. The van der Waals surface area contributed by atoms with Crippen LogP contribution < -0.4 is 5.32 Å². The zero-order valence-electron chi connectivity index (χ0n) is 8.87. The minimum atomic E-state index is -2.87. The van der Waals surface area contributed by atoms with Crippen LogP contribution in [0.3, 0.4) is 0 Å². The number of aromatic amines is 1. The molecule has 1 aliphatic heterocycles. The number of rotatable bonds is 2. The summed E-state index contributed by atoms with van der Waals surface area (Å²) in [7, 11) is -2.87. The number of aryl methyl sites for hydroxylation is 1. The second-order valence-corrected chi connectivity index (χ2v) is 6.63. The fourth-order valence-corrected chi connectivity index (χ4v) is 3.96. The van der Waals surface area contributed by atoms with E-state index in [1.807, 2.05) is 13.8 Å². The molecule has 1 aliphatic rings. The van der Waals surface area contributed by atoms with Crippen molar-refractivity contribution < 1.29 is 8.42 Å². The van der Waals surface area contributed by atoms with Gasteiger partial charge in [-0.1, -0.05) is 0 Å². The summed E-state index contributed by atoms with van der Waals surface area (Å²) < 4.78 is 22.7. The Bertz CT molecular complexity index is 465. The molecule has 1 atom stereocenters. The average Bonchev–Trinajstić information content (AvgIpc) is 2.57. The molecule has 15 heavy (non-hydrogen) atoms. The monoisotopic (exact) mass is 229 g/mol. The summed E-state index contributed by atoms with van der Waals surface area (Å²) >= 11 is 0. The lowest BCUT2D eigenvalue weighted by atomic mass is 10.0. The first-order valence-corrected chi connectivity index (χ1v) is 6.71. The molecule has 6 heteroatoms. The van der Waals surface area contributed by atoms with E-state index in [0.29, 0.717) is 12.4 Å². The minimum Gasteiger partial charge on any atom is -0.350 e. The highest BCUT2D eigenvalue weighted by atomic mass is 32.2. The predicted octanol–water partition coefficient (Wildman–Crippen LogP) is 0.707. The normalized spacial score (nSPS) is 29.2. The predicted molar refractivity (Wildman–Crippen MR) is 58.6 cm³/mol. The van der Waals surface area contributed by atoms with E-state index in [2.05, 4.69) is 15.3 Å². The van der Waals surface area contributed by atoms with Gasteiger partial charge in [-0.05, 0) is 20.3 Å². The Kier molecular flexibility index (Phi) is 2.26. The summed E-state index contributed by atoms with van der Waals surface area (Å²) in [6.45, 7) is 3.82. The van der Waals surface area contributed by atoms with Gasteiger partial charge in [-0.3, -0.25) is 0 Å². The summed E-state index contributed by atoms with van der Waals surface area (Å²) in [6.07, 6.45) is 2.35. The first-order valence-electron chi connectivity index (χ1n) is 4.89. The zero-order valence-corrected chi connectivity index (χ0v) is 9.69. The van der Waals surface area contributed by atoms with Gasteiger partial charge in [0.1, 0.15) is 0 Å². The van der Waals surface area contributed by atoms with Crippen molar-refractivity contribution in [2.24, 2.45) is 0 Å². The van der Waals surface area contributed by atoms with Crippen molar-refractivity contribution >= 4 is 15.8 Å². The van der Waals surface area contributed by atoms with E-state index in [0.717, 1.165) is 5.69 Å². The second-order valence-electron chi connectivity index (χ2n) is 4.44. The van der Waals surface area contributed by atoms with Crippen molar-refractivity contribution in [3.8, 4) is 0 Å². The Morgan fingerprint density at radius 3 is 2.80 bits per heavy atom. The van der Waals surface area contributed by atoms with Crippen molar-refractivity contribution in [2.75, 3.05) is 16.8 Å². The molecule has 1 aromatic heterocycles. The van der Waals surface area contributed by atoms with E-state index in [-0.39, 0.29) is 17.0 Å². The molecular weight excluding hydrogens is 214 g/mol.